The van der Waals surface area contributed by atoms with Crippen LogP contribution >= 0.6 is 27.3 Å². The molecular formula is C16H20BrNS. The van der Waals surface area contributed by atoms with Gasteiger partial charge in [-0.2, -0.15) is 11.3 Å². The van der Waals surface area contributed by atoms with Gasteiger partial charge in [0.15, 0.2) is 0 Å². The van der Waals surface area contributed by atoms with E-state index in [-0.39, 0.29) is 6.04 Å². The summed E-state index contributed by atoms with van der Waals surface area (Å²) < 4.78 is 1.20. The monoisotopic (exact) mass is 337 g/mol. The molecule has 0 aliphatic carbocycles. The maximum absolute atomic E-state index is 3.69. The molecule has 3 heteroatoms. The van der Waals surface area contributed by atoms with Crippen LogP contribution in [0.15, 0.2) is 33.4 Å². The number of hydrogen-bond donors (Lipinski definition) is 1. The first-order valence-corrected chi connectivity index (χ1v) is 8.39. The van der Waals surface area contributed by atoms with Crippen LogP contribution in [0.1, 0.15) is 41.6 Å². The summed E-state index contributed by atoms with van der Waals surface area (Å²) in [7, 11) is 0. The van der Waals surface area contributed by atoms with Gasteiger partial charge in [0.2, 0.25) is 0 Å². The van der Waals surface area contributed by atoms with E-state index in [0.717, 1.165) is 13.0 Å². The van der Waals surface area contributed by atoms with Crippen LogP contribution in [-0.2, 0) is 0 Å². The predicted molar refractivity (Wildman–Crippen MR) is 88.1 cm³/mol. The molecular weight excluding hydrogens is 318 g/mol. The average molecular weight is 338 g/mol. The minimum Gasteiger partial charge on any atom is -0.306 e. The molecule has 0 aliphatic rings. The lowest BCUT2D eigenvalue weighted by Crippen LogP contribution is -2.24. The third-order valence-electron chi connectivity index (χ3n) is 3.38. The predicted octanol–water partition coefficient (Wildman–Crippen LogP) is 5.22. The summed E-state index contributed by atoms with van der Waals surface area (Å²) in [5.41, 5.74) is 5.46. The quantitative estimate of drug-likeness (QED) is 0.788. The van der Waals surface area contributed by atoms with E-state index in [2.05, 4.69) is 71.0 Å². The van der Waals surface area contributed by atoms with Gasteiger partial charge in [0, 0.05) is 9.85 Å². The maximum Gasteiger partial charge on any atom is 0.0601 e. The van der Waals surface area contributed by atoms with Gasteiger partial charge in [-0.15, -0.1) is 0 Å². The Morgan fingerprint density at radius 3 is 2.42 bits per heavy atom. The normalized spacial score (nSPS) is 12.6. The summed E-state index contributed by atoms with van der Waals surface area (Å²) >= 11 is 5.42. The number of aryl methyl sites for hydroxylation is 2. The maximum atomic E-state index is 3.69. The van der Waals surface area contributed by atoms with Crippen molar-refractivity contribution < 1.29 is 0 Å². The molecule has 2 rings (SSSR count). The van der Waals surface area contributed by atoms with Crippen LogP contribution in [0.4, 0.5) is 0 Å². The van der Waals surface area contributed by atoms with Crippen molar-refractivity contribution in [2.45, 2.75) is 33.2 Å². The fraction of sp³-hybridized carbons (Fsp3) is 0.375. The van der Waals surface area contributed by atoms with Gasteiger partial charge < -0.3 is 5.32 Å². The Labute approximate surface area is 128 Å². The number of benzene rings is 1. The molecule has 0 spiro atoms. The van der Waals surface area contributed by atoms with E-state index in [0.29, 0.717) is 0 Å². The molecule has 1 nitrogen and oxygen atoms in total. The molecule has 0 saturated carbocycles. The minimum absolute atomic E-state index is 0.279. The van der Waals surface area contributed by atoms with Crippen LogP contribution < -0.4 is 5.32 Å². The summed E-state index contributed by atoms with van der Waals surface area (Å²) in [6.45, 7) is 7.63. The molecule has 0 amide bonds. The van der Waals surface area contributed by atoms with Crippen molar-refractivity contribution in [1.82, 2.24) is 5.32 Å². The molecule has 1 N–H and O–H groups in total. The second-order valence-electron chi connectivity index (χ2n) is 4.87. The van der Waals surface area contributed by atoms with Crippen LogP contribution in [0.3, 0.4) is 0 Å². The zero-order valence-electron chi connectivity index (χ0n) is 11.7. The van der Waals surface area contributed by atoms with E-state index in [4.69, 9.17) is 0 Å². The highest BCUT2D eigenvalue weighted by atomic mass is 79.9. The van der Waals surface area contributed by atoms with E-state index >= 15 is 0 Å². The summed E-state index contributed by atoms with van der Waals surface area (Å²) in [5, 5.41) is 8.08. The van der Waals surface area contributed by atoms with Crippen LogP contribution in [-0.4, -0.2) is 6.54 Å². The van der Waals surface area contributed by atoms with Crippen molar-refractivity contribution in [1.29, 1.82) is 0 Å². The van der Waals surface area contributed by atoms with Crippen LogP contribution in [0.2, 0.25) is 0 Å². The van der Waals surface area contributed by atoms with Gasteiger partial charge >= 0.3 is 0 Å². The van der Waals surface area contributed by atoms with E-state index in [1.807, 2.05) is 0 Å². The number of rotatable bonds is 5. The molecule has 1 aromatic carbocycles. The molecule has 19 heavy (non-hydrogen) atoms. The zero-order chi connectivity index (χ0) is 13.8. The molecule has 102 valence electrons. The molecule has 2 aromatic rings. The summed E-state index contributed by atoms with van der Waals surface area (Å²) in [5.74, 6) is 0. The van der Waals surface area contributed by atoms with Crippen molar-refractivity contribution in [3.63, 3.8) is 0 Å². The lowest BCUT2D eigenvalue weighted by atomic mass is 9.92. The van der Waals surface area contributed by atoms with Crippen molar-refractivity contribution >= 4 is 27.3 Å². The van der Waals surface area contributed by atoms with E-state index in [9.17, 15) is 0 Å². The highest BCUT2D eigenvalue weighted by molar-refractivity contribution is 9.10. The molecule has 1 unspecified atom stereocenters. The van der Waals surface area contributed by atoms with Crippen LogP contribution in [0.5, 0.6) is 0 Å². The van der Waals surface area contributed by atoms with Crippen LogP contribution in [0, 0.1) is 13.8 Å². The molecule has 0 saturated heterocycles. The topological polar surface area (TPSA) is 12.0 Å². The fourth-order valence-corrected chi connectivity index (χ4v) is 3.99. The summed E-state index contributed by atoms with van der Waals surface area (Å²) in [6.07, 6.45) is 1.14. The molecule has 0 fully saturated rings. The number of hydrogen-bond acceptors (Lipinski definition) is 2. The van der Waals surface area contributed by atoms with Gasteiger partial charge in [0.05, 0.1) is 6.04 Å². The average Bonchev–Trinajstić information content (AvgIpc) is 2.79. The zero-order valence-corrected chi connectivity index (χ0v) is 14.1. The summed E-state index contributed by atoms with van der Waals surface area (Å²) in [4.78, 5) is 0. The number of nitrogens with one attached hydrogen (secondary N) is 1. The molecule has 1 aromatic heterocycles. The smallest absolute Gasteiger partial charge is 0.0601 e. The van der Waals surface area contributed by atoms with Crippen molar-refractivity contribution in [3.8, 4) is 0 Å². The van der Waals surface area contributed by atoms with Gasteiger partial charge in [-0.05, 0) is 70.4 Å². The SMILES string of the molecule is CCCNC(c1cscc1Br)c1c(C)cccc1C. The van der Waals surface area contributed by atoms with Crippen molar-refractivity contribution in [3.05, 3.63) is 55.7 Å². The standard InChI is InChI=1S/C16H20BrNS/c1-4-8-18-16(13-9-19-10-14(13)17)15-11(2)6-5-7-12(15)3/h5-7,9-10,16,18H,4,8H2,1-3H3. The Hall–Kier alpha value is -0.640. The Balaban J connectivity index is 2.46. The van der Waals surface area contributed by atoms with Gasteiger partial charge in [-0.3, -0.25) is 0 Å². The molecule has 0 radical (unpaired) electrons. The first-order valence-electron chi connectivity index (χ1n) is 6.66. The molecule has 0 aliphatic heterocycles. The Kier molecular flexibility index (Phi) is 5.20. The number of thiophene rings is 1. The highest BCUT2D eigenvalue weighted by Crippen LogP contribution is 2.34. The molecule has 1 atom stereocenters. The van der Waals surface area contributed by atoms with Gasteiger partial charge in [0.25, 0.3) is 0 Å². The van der Waals surface area contributed by atoms with Crippen molar-refractivity contribution in [2.75, 3.05) is 6.54 Å². The molecule has 0 bridgehead atoms. The molecule has 1 heterocycles. The Morgan fingerprint density at radius 2 is 1.89 bits per heavy atom. The minimum atomic E-state index is 0.279. The largest absolute Gasteiger partial charge is 0.306 e. The van der Waals surface area contributed by atoms with E-state index < -0.39 is 0 Å². The first kappa shape index (κ1) is 14.8. The first-order chi connectivity index (χ1) is 9.15. The highest BCUT2D eigenvalue weighted by Gasteiger charge is 2.20. The lowest BCUT2D eigenvalue weighted by Gasteiger charge is -2.23. The van der Waals surface area contributed by atoms with Gasteiger partial charge in [-0.25, -0.2) is 0 Å². The van der Waals surface area contributed by atoms with E-state index in [1.54, 1.807) is 11.3 Å². The fourth-order valence-electron chi connectivity index (χ4n) is 2.44. The van der Waals surface area contributed by atoms with E-state index in [1.165, 1.54) is 26.7 Å². The Bertz CT molecular complexity index is 527. The van der Waals surface area contributed by atoms with Gasteiger partial charge in [0.1, 0.15) is 0 Å². The third kappa shape index (κ3) is 3.28. The third-order valence-corrected chi connectivity index (χ3v) is 5.13. The number of halogens is 1. The van der Waals surface area contributed by atoms with Crippen LogP contribution in [0.25, 0.3) is 0 Å². The lowest BCUT2D eigenvalue weighted by molar-refractivity contribution is 0.594. The second-order valence-corrected chi connectivity index (χ2v) is 6.47. The Morgan fingerprint density at radius 1 is 1.21 bits per heavy atom. The summed E-state index contributed by atoms with van der Waals surface area (Å²) in [6, 6.07) is 6.81. The van der Waals surface area contributed by atoms with Crippen molar-refractivity contribution in [2.24, 2.45) is 0 Å². The van der Waals surface area contributed by atoms with Gasteiger partial charge in [-0.1, -0.05) is 25.1 Å². The second kappa shape index (κ2) is 6.69.